The Bertz CT molecular complexity index is 1010. The third kappa shape index (κ3) is 3.26. The van der Waals surface area contributed by atoms with Crippen molar-refractivity contribution in [3.05, 3.63) is 81.4 Å². The van der Waals surface area contributed by atoms with E-state index in [0.29, 0.717) is 5.92 Å². The summed E-state index contributed by atoms with van der Waals surface area (Å²) in [5.74, 6) is 0.711. The van der Waals surface area contributed by atoms with Crippen LogP contribution in [0.4, 0.5) is 11.4 Å². The van der Waals surface area contributed by atoms with Gasteiger partial charge >= 0.3 is 0 Å². The summed E-state index contributed by atoms with van der Waals surface area (Å²) in [6, 6.07) is 13.0. The van der Waals surface area contributed by atoms with Crippen molar-refractivity contribution < 1.29 is 9.72 Å². The zero-order valence-electron chi connectivity index (χ0n) is 16.8. The van der Waals surface area contributed by atoms with Gasteiger partial charge in [0.1, 0.15) is 0 Å². The minimum absolute atomic E-state index is 0.0851. The fourth-order valence-corrected chi connectivity index (χ4v) is 5.14. The number of benzene rings is 2. The number of nitrogens with zero attached hydrogens (tertiary/aromatic N) is 2. The van der Waals surface area contributed by atoms with Crippen LogP contribution < -0.4 is 5.32 Å². The molecule has 1 N–H and O–H groups in total. The van der Waals surface area contributed by atoms with Gasteiger partial charge in [0, 0.05) is 42.4 Å². The van der Waals surface area contributed by atoms with Gasteiger partial charge in [0.15, 0.2) is 0 Å². The third-order valence-corrected chi connectivity index (χ3v) is 6.72. The van der Waals surface area contributed by atoms with Gasteiger partial charge in [-0.1, -0.05) is 24.3 Å². The highest BCUT2D eigenvalue weighted by molar-refractivity contribution is 5.95. The molecule has 1 fully saturated rings. The molecule has 1 saturated heterocycles. The average Bonchev–Trinajstić information content (AvgIpc) is 3.29. The van der Waals surface area contributed by atoms with E-state index >= 15 is 0 Å². The lowest BCUT2D eigenvalue weighted by molar-refractivity contribution is -0.384. The van der Waals surface area contributed by atoms with Gasteiger partial charge in [0.2, 0.25) is 0 Å². The predicted molar refractivity (Wildman–Crippen MR) is 116 cm³/mol. The molecule has 0 unspecified atom stereocenters. The average molecular weight is 403 g/mol. The van der Waals surface area contributed by atoms with Gasteiger partial charge in [-0.05, 0) is 60.9 Å². The second-order valence-corrected chi connectivity index (χ2v) is 8.48. The summed E-state index contributed by atoms with van der Waals surface area (Å²) < 4.78 is 0. The van der Waals surface area contributed by atoms with Crippen LogP contribution in [0.1, 0.15) is 59.1 Å². The number of hydrogen-bond donors (Lipinski definition) is 1. The number of nitro groups is 1. The molecule has 6 heteroatoms. The van der Waals surface area contributed by atoms with E-state index in [0.717, 1.165) is 49.2 Å². The Morgan fingerprint density at radius 3 is 2.57 bits per heavy atom. The number of rotatable bonds is 3. The molecule has 0 radical (unpaired) electrons. The van der Waals surface area contributed by atoms with Crippen LogP contribution >= 0.6 is 0 Å². The molecular formula is C24H25N3O3. The first kappa shape index (κ1) is 18.9. The summed E-state index contributed by atoms with van der Waals surface area (Å²) in [5, 5.41) is 14.6. The number of non-ortho nitro benzene ring substituents is 1. The number of nitro benzene ring substituents is 1. The normalized spacial score (nSPS) is 24.7. The van der Waals surface area contributed by atoms with Crippen molar-refractivity contribution in [3.63, 3.8) is 0 Å². The van der Waals surface area contributed by atoms with Crippen LogP contribution in [-0.2, 0) is 0 Å². The Labute approximate surface area is 175 Å². The monoisotopic (exact) mass is 403 g/mol. The quantitative estimate of drug-likeness (QED) is 0.442. The van der Waals surface area contributed by atoms with Crippen LogP contribution in [-0.4, -0.2) is 28.8 Å². The molecule has 154 valence electrons. The summed E-state index contributed by atoms with van der Waals surface area (Å²) in [6.45, 7) is 1.70. The highest BCUT2D eigenvalue weighted by atomic mass is 16.6. The minimum Gasteiger partial charge on any atom is -0.378 e. The first-order valence-electron chi connectivity index (χ1n) is 10.7. The summed E-state index contributed by atoms with van der Waals surface area (Å²) in [7, 11) is 0. The highest BCUT2D eigenvalue weighted by Gasteiger charge is 2.38. The van der Waals surface area contributed by atoms with Crippen LogP contribution in [0.25, 0.3) is 0 Å². The molecule has 2 aromatic rings. The van der Waals surface area contributed by atoms with E-state index < -0.39 is 0 Å². The number of allylic oxidation sites excluding steroid dienone is 2. The number of amides is 1. The van der Waals surface area contributed by atoms with Crippen LogP contribution in [0.2, 0.25) is 0 Å². The smallest absolute Gasteiger partial charge is 0.269 e. The molecule has 0 saturated carbocycles. The lowest BCUT2D eigenvalue weighted by atomic mass is 9.76. The van der Waals surface area contributed by atoms with E-state index in [1.807, 2.05) is 29.2 Å². The lowest BCUT2D eigenvalue weighted by Crippen LogP contribution is -2.36. The maximum absolute atomic E-state index is 13.0. The van der Waals surface area contributed by atoms with Gasteiger partial charge in [-0.2, -0.15) is 0 Å². The second kappa shape index (κ2) is 7.59. The number of fused-ring (bicyclic) bond motifs is 3. The van der Waals surface area contributed by atoms with Crippen LogP contribution in [0, 0.1) is 16.0 Å². The van der Waals surface area contributed by atoms with E-state index in [4.69, 9.17) is 0 Å². The van der Waals surface area contributed by atoms with Gasteiger partial charge < -0.3 is 10.2 Å². The predicted octanol–water partition coefficient (Wildman–Crippen LogP) is 5.05. The number of piperidine rings is 1. The molecule has 0 spiro atoms. The van der Waals surface area contributed by atoms with Gasteiger partial charge in [-0.25, -0.2) is 0 Å². The molecule has 6 nitrogen and oxygen atoms in total. The van der Waals surface area contributed by atoms with Crippen molar-refractivity contribution in [1.82, 2.24) is 4.90 Å². The first-order chi connectivity index (χ1) is 14.6. The highest BCUT2D eigenvalue weighted by Crippen LogP contribution is 2.50. The molecule has 0 bridgehead atoms. The summed E-state index contributed by atoms with van der Waals surface area (Å²) >= 11 is 0. The number of carbonyl (C=O) groups excluding carboxylic acids is 1. The second-order valence-electron chi connectivity index (χ2n) is 8.48. The topological polar surface area (TPSA) is 75.5 Å². The van der Waals surface area contributed by atoms with E-state index in [1.54, 1.807) is 12.1 Å². The van der Waals surface area contributed by atoms with Crippen molar-refractivity contribution in [2.45, 2.75) is 37.6 Å². The SMILES string of the molecule is O=C(c1ccc2c(c1)[C@@H]1C=CC[C@@H]1[C@H](c1ccc([N+](=O)[O-])cc1)N2)N1CCCCC1. The largest absolute Gasteiger partial charge is 0.378 e. The van der Waals surface area contributed by atoms with Gasteiger partial charge in [0.05, 0.1) is 11.0 Å². The Balaban J connectivity index is 1.44. The van der Waals surface area contributed by atoms with Gasteiger partial charge in [-0.3, -0.25) is 14.9 Å². The van der Waals surface area contributed by atoms with E-state index in [2.05, 4.69) is 23.5 Å². The molecule has 3 aliphatic rings. The molecule has 2 aromatic carbocycles. The fourth-order valence-electron chi connectivity index (χ4n) is 5.14. The van der Waals surface area contributed by atoms with E-state index in [9.17, 15) is 14.9 Å². The van der Waals surface area contributed by atoms with E-state index in [-0.39, 0.29) is 28.5 Å². The third-order valence-electron chi connectivity index (χ3n) is 6.72. The molecule has 2 heterocycles. The first-order valence-corrected chi connectivity index (χ1v) is 10.7. The number of hydrogen-bond acceptors (Lipinski definition) is 4. The van der Waals surface area contributed by atoms with Crippen molar-refractivity contribution in [2.75, 3.05) is 18.4 Å². The number of nitrogens with one attached hydrogen (secondary N) is 1. The molecule has 30 heavy (non-hydrogen) atoms. The van der Waals surface area contributed by atoms with E-state index in [1.165, 1.54) is 12.0 Å². The standard InChI is InChI=1S/C24H25N3O3/c28-24(26-13-2-1-3-14-26)17-9-12-22-21(15-17)19-5-4-6-20(19)23(25-22)16-7-10-18(11-8-16)27(29)30/h4-5,7-12,15,19-20,23,25H,1-3,6,13-14H2/t19-,20+,23+/m1/s1. The Morgan fingerprint density at radius 2 is 1.83 bits per heavy atom. The molecule has 1 amide bonds. The molecular weight excluding hydrogens is 378 g/mol. The van der Waals surface area contributed by atoms with Crippen LogP contribution in [0.3, 0.4) is 0 Å². The molecule has 5 rings (SSSR count). The minimum atomic E-state index is -0.367. The maximum atomic E-state index is 13.0. The zero-order chi connectivity index (χ0) is 20.7. The Morgan fingerprint density at radius 1 is 1.07 bits per heavy atom. The zero-order valence-corrected chi connectivity index (χ0v) is 16.8. The lowest BCUT2D eigenvalue weighted by Gasteiger charge is -2.38. The van der Waals surface area contributed by atoms with Crippen molar-refractivity contribution >= 4 is 17.3 Å². The van der Waals surface area contributed by atoms with Crippen LogP contribution in [0.5, 0.6) is 0 Å². The summed E-state index contributed by atoms with van der Waals surface area (Å²) in [4.78, 5) is 25.6. The Hall–Kier alpha value is -3.15. The maximum Gasteiger partial charge on any atom is 0.269 e. The van der Waals surface area contributed by atoms with Crippen molar-refractivity contribution in [2.24, 2.45) is 5.92 Å². The molecule has 3 atom stereocenters. The number of likely N-dealkylation sites (tertiary alicyclic amines) is 1. The summed E-state index contributed by atoms with van der Waals surface area (Å²) in [5.41, 5.74) is 4.15. The molecule has 0 aromatic heterocycles. The van der Waals surface area contributed by atoms with Crippen molar-refractivity contribution in [3.8, 4) is 0 Å². The summed E-state index contributed by atoms with van der Waals surface area (Å²) in [6.07, 6.45) is 8.78. The number of carbonyl (C=O) groups is 1. The molecule has 2 aliphatic heterocycles. The van der Waals surface area contributed by atoms with Crippen molar-refractivity contribution in [1.29, 1.82) is 0 Å². The van der Waals surface area contributed by atoms with Crippen LogP contribution in [0.15, 0.2) is 54.6 Å². The van der Waals surface area contributed by atoms with Gasteiger partial charge in [0.25, 0.3) is 11.6 Å². The molecule has 1 aliphatic carbocycles. The number of anilines is 1. The Kier molecular flexibility index (Phi) is 4.77. The van der Waals surface area contributed by atoms with Gasteiger partial charge in [-0.15, -0.1) is 0 Å². The fraction of sp³-hybridized carbons (Fsp3) is 0.375.